The second-order valence-corrected chi connectivity index (χ2v) is 3.19. The first-order valence-electron chi connectivity index (χ1n) is 3.90. The van der Waals surface area contributed by atoms with E-state index in [-0.39, 0.29) is 6.29 Å². The average molecular weight is 144 g/mol. The van der Waals surface area contributed by atoms with E-state index in [0.717, 1.165) is 12.3 Å². The van der Waals surface area contributed by atoms with Crippen molar-refractivity contribution in [3.63, 3.8) is 0 Å². The first-order chi connectivity index (χ1) is 4.72. The fourth-order valence-corrected chi connectivity index (χ4v) is 1.51. The molecule has 0 aromatic carbocycles. The SMILES string of the molecule is CO[C@H]1CC(C)CC(C)O1. The summed E-state index contributed by atoms with van der Waals surface area (Å²) in [5.41, 5.74) is 0. The van der Waals surface area contributed by atoms with E-state index in [1.165, 1.54) is 6.42 Å². The molecule has 0 saturated carbocycles. The van der Waals surface area contributed by atoms with E-state index in [0.29, 0.717) is 6.10 Å². The van der Waals surface area contributed by atoms with Crippen LogP contribution in [0.5, 0.6) is 0 Å². The Morgan fingerprint density at radius 3 is 2.50 bits per heavy atom. The number of hydrogen-bond donors (Lipinski definition) is 0. The fourth-order valence-electron chi connectivity index (χ4n) is 1.51. The van der Waals surface area contributed by atoms with Crippen molar-refractivity contribution >= 4 is 0 Å². The highest BCUT2D eigenvalue weighted by molar-refractivity contribution is 4.67. The fraction of sp³-hybridized carbons (Fsp3) is 1.00. The largest absolute Gasteiger partial charge is 0.356 e. The quantitative estimate of drug-likeness (QED) is 0.558. The van der Waals surface area contributed by atoms with Gasteiger partial charge in [-0.1, -0.05) is 6.92 Å². The van der Waals surface area contributed by atoms with Crippen molar-refractivity contribution in [3.8, 4) is 0 Å². The Balaban J connectivity index is 2.35. The topological polar surface area (TPSA) is 18.5 Å². The third-order valence-electron chi connectivity index (χ3n) is 1.98. The van der Waals surface area contributed by atoms with Crippen LogP contribution in [0.2, 0.25) is 0 Å². The normalized spacial score (nSPS) is 41.7. The lowest BCUT2D eigenvalue weighted by molar-refractivity contribution is -0.186. The van der Waals surface area contributed by atoms with Crippen molar-refractivity contribution in [2.45, 2.75) is 39.1 Å². The molecule has 60 valence electrons. The van der Waals surface area contributed by atoms with E-state index in [2.05, 4.69) is 13.8 Å². The minimum absolute atomic E-state index is 0.0405. The van der Waals surface area contributed by atoms with Gasteiger partial charge in [-0.2, -0.15) is 0 Å². The second-order valence-electron chi connectivity index (χ2n) is 3.19. The van der Waals surface area contributed by atoms with E-state index in [1.807, 2.05) is 0 Å². The predicted molar refractivity (Wildman–Crippen MR) is 39.7 cm³/mol. The van der Waals surface area contributed by atoms with E-state index in [4.69, 9.17) is 9.47 Å². The van der Waals surface area contributed by atoms with Gasteiger partial charge in [-0.25, -0.2) is 0 Å². The maximum absolute atomic E-state index is 5.48. The minimum Gasteiger partial charge on any atom is -0.356 e. The lowest BCUT2D eigenvalue weighted by Crippen LogP contribution is -2.31. The van der Waals surface area contributed by atoms with Crippen molar-refractivity contribution in [1.29, 1.82) is 0 Å². The molecule has 1 fully saturated rings. The van der Waals surface area contributed by atoms with Gasteiger partial charge in [0, 0.05) is 13.5 Å². The molecule has 0 aliphatic carbocycles. The summed E-state index contributed by atoms with van der Waals surface area (Å²) in [4.78, 5) is 0. The molecule has 0 spiro atoms. The molecule has 3 atom stereocenters. The highest BCUT2D eigenvalue weighted by atomic mass is 16.7. The molecule has 1 rings (SSSR count). The molecule has 0 N–H and O–H groups in total. The van der Waals surface area contributed by atoms with Crippen LogP contribution in [0.3, 0.4) is 0 Å². The first-order valence-corrected chi connectivity index (χ1v) is 3.90. The molecule has 0 bridgehead atoms. The maximum atomic E-state index is 5.48. The van der Waals surface area contributed by atoms with Gasteiger partial charge in [-0.3, -0.25) is 0 Å². The molecule has 0 aromatic heterocycles. The molecule has 1 saturated heterocycles. The van der Waals surface area contributed by atoms with Gasteiger partial charge in [0.2, 0.25) is 0 Å². The van der Waals surface area contributed by atoms with Crippen molar-refractivity contribution in [2.75, 3.05) is 7.11 Å². The van der Waals surface area contributed by atoms with Gasteiger partial charge in [-0.05, 0) is 19.3 Å². The molecule has 1 aliphatic rings. The highest BCUT2D eigenvalue weighted by Crippen LogP contribution is 2.24. The molecule has 2 unspecified atom stereocenters. The van der Waals surface area contributed by atoms with Crippen LogP contribution >= 0.6 is 0 Å². The zero-order chi connectivity index (χ0) is 7.56. The Kier molecular flexibility index (Phi) is 2.69. The Morgan fingerprint density at radius 1 is 1.30 bits per heavy atom. The summed E-state index contributed by atoms with van der Waals surface area (Å²) in [6.07, 6.45) is 2.62. The average Bonchev–Trinajstić information content (AvgIpc) is 1.85. The van der Waals surface area contributed by atoms with Crippen LogP contribution < -0.4 is 0 Å². The van der Waals surface area contributed by atoms with Crippen molar-refractivity contribution in [1.82, 2.24) is 0 Å². The van der Waals surface area contributed by atoms with Gasteiger partial charge in [0.25, 0.3) is 0 Å². The van der Waals surface area contributed by atoms with E-state index < -0.39 is 0 Å². The molecule has 10 heavy (non-hydrogen) atoms. The molecule has 1 heterocycles. The van der Waals surface area contributed by atoms with Crippen LogP contribution in [-0.4, -0.2) is 19.5 Å². The monoisotopic (exact) mass is 144 g/mol. The van der Waals surface area contributed by atoms with Crippen molar-refractivity contribution in [2.24, 2.45) is 5.92 Å². The van der Waals surface area contributed by atoms with Crippen LogP contribution in [0.25, 0.3) is 0 Å². The number of methoxy groups -OCH3 is 1. The highest BCUT2D eigenvalue weighted by Gasteiger charge is 2.23. The van der Waals surface area contributed by atoms with Gasteiger partial charge in [-0.15, -0.1) is 0 Å². The Hall–Kier alpha value is -0.0800. The maximum Gasteiger partial charge on any atom is 0.157 e. The third-order valence-corrected chi connectivity index (χ3v) is 1.98. The van der Waals surface area contributed by atoms with Crippen LogP contribution in [0.15, 0.2) is 0 Å². The van der Waals surface area contributed by atoms with Crippen LogP contribution in [0, 0.1) is 5.92 Å². The van der Waals surface area contributed by atoms with Gasteiger partial charge in [0.15, 0.2) is 6.29 Å². The zero-order valence-electron chi connectivity index (χ0n) is 6.96. The molecular formula is C8H16O2. The molecular weight excluding hydrogens is 128 g/mol. The standard InChI is InChI=1S/C8H16O2/c1-6-4-7(2)10-8(5-6)9-3/h6-8H,4-5H2,1-3H3/t6?,7?,8-/m1/s1. The molecule has 0 aromatic rings. The number of rotatable bonds is 1. The third kappa shape index (κ3) is 1.96. The van der Waals surface area contributed by atoms with Gasteiger partial charge >= 0.3 is 0 Å². The van der Waals surface area contributed by atoms with Crippen LogP contribution in [0.4, 0.5) is 0 Å². The Bertz CT molecular complexity index is 93.4. The summed E-state index contributed by atoms with van der Waals surface area (Å²) in [5.74, 6) is 0.744. The summed E-state index contributed by atoms with van der Waals surface area (Å²) in [6, 6.07) is 0. The van der Waals surface area contributed by atoms with E-state index in [1.54, 1.807) is 7.11 Å². The van der Waals surface area contributed by atoms with Crippen LogP contribution in [-0.2, 0) is 9.47 Å². The lowest BCUT2D eigenvalue weighted by Gasteiger charge is -2.30. The minimum atomic E-state index is 0.0405. The van der Waals surface area contributed by atoms with E-state index >= 15 is 0 Å². The summed E-state index contributed by atoms with van der Waals surface area (Å²) in [6.45, 7) is 4.34. The summed E-state index contributed by atoms with van der Waals surface area (Å²) >= 11 is 0. The van der Waals surface area contributed by atoms with Crippen LogP contribution in [0.1, 0.15) is 26.7 Å². The summed E-state index contributed by atoms with van der Waals surface area (Å²) in [7, 11) is 1.70. The lowest BCUT2D eigenvalue weighted by atomic mass is 9.98. The van der Waals surface area contributed by atoms with Gasteiger partial charge < -0.3 is 9.47 Å². The molecule has 0 radical (unpaired) electrons. The van der Waals surface area contributed by atoms with Crippen molar-refractivity contribution in [3.05, 3.63) is 0 Å². The first kappa shape index (κ1) is 8.02. The number of hydrogen-bond acceptors (Lipinski definition) is 2. The van der Waals surface area contributed by atoms with E-state index in [9.17, 15) is 0 Å². The predicted octanol–water partition coefficient (Wildman–Crippen LogP) is 1.79. The van der Waals surface area contributed by atoms with Gasteiger partial charge in [0.1, 0.15) is 0 Å². The summed E-state index contributed by atoms with van der Waals surface area (Å²) < 4.78 is 10.6. The molecule has 2 heteroatoms. The molecule has 2 nitrogen and oxygen atoms in total. The molecule has 0 amide bonds. The summed E-state index contributed by atoms with van der Waals surface area (Å²) in [5, 5.41) is 0. The number of ether oxygens (including phenoxy) is 2. The Morgan fingerprint density at radius 2 is 2.00 bits per heavy atom. The van der Waals surface area contributed by atoms with Crippen molar-refractivity contribution < 1.29 is 9.47 Å². The molecule has 1 aliphatic heterocycles. The zero-order valence-corrected chi connectivity index (χ0v) is 6.96. The second kappa shape index (κ2) is 3.35. The smallest absolute Gasteiger partial charge is 0.157 e. The van der Waals surface area contributed by atoms with Gasteiger partial charge in [0.05, 0.1) is 6.10 Å². The Labute approximate surface area is 62.5 Å².